The van der Waals surface area contributed by atoms with E-state index in [-0.39, 0.29) is 51.1 Å². The van der Waals surface area contributed by atoms with Crippen molar-refractivity contribution in [3.8, 4) is 5.75 Å². The van der Waals surface area contributed by atoms with Gasteiger partial charge < -0.3 is 14.4 Å². The monoisotopic (exact) mass is 551 g/mol. The van der Waals surface area contributed by atoms with E-state index in [9.17, 15) is 39.6 Å². The van der Waals surface area contributed by atoms with Crippen LogP contribution in [0.4, 0.5) is 31.5 Å². The molecule has 0 saturated carbocycles. The van der Waals surface area contributed by atoms with E-state index in [4.69, 9.17) is 9.47 Å². The molecule has 0 unspecified atom stereocenters. The zero-order valence-electron chi connectivity index (χ0n) is 17.7. The van der Waals surface area contributed by atoms with Crippen LogP contribution in [0, 0.1) is 0 Å². The van der Waals surface area contributed by atoms with Gasteiger partial charge in [0.2, 0.25) is 10.0 Å². The Hall–Kier alpha value is -2.44. The van der Waals surface area contributed by atoms with E-state index < -0.39 is 49.9 Å². The van der Waals surface area contributed by atoms with Crippen LogP contribution in [0.1, 0.15) is 10.4 Å². The minimum atomic E-state index is -4.95. The zero-order valence-corrected chi connectivity index (χ0v) is 19.4. The molecule has 0 radical (unpaired) electrons. The number of alkyl halides is 6. The first-order valence-electron chi connectivity index (χ1n) is 9.90. The first-order valence-corrected chi connectivity index (χ1v) is 12.3. The summed E-state index contributed by atoms with van der Waals surface area (Å²) in [6.07, 6.45) is -8.02. The molecule has 0 atom stereocenters. The predicted molar refractivity (Wildman–Crippen MR) is 111 cm³/mol. The Morgan fingerprint density at radius 2 is 1.69 bits per heavy atom. The number of anilines is 1. The fourth-order valence-electron chi connectivity index (χ4n) is 3.07. The Balaban J connectivity index is 1.41. The third-order valence-electron chi connectivity index (χ3n) is 4.75. The van der Waals surface area contributed by atoms with E-state index in [0.717, 1.165) is 6.20 Å². The van der Waals surface area contributed by atoms with Gasteiger partial charge in [0, 0.05) is 26.2 Å². The van der Waals surface area contributed by atoms with Crippen molar-refractivity contribution in [2.45, 2.75) is 12.4 Å². The molecule has 1 aliphatic rings. The highest BCUT2D eigenvalue weighted by molar-refractivity contribution is 7.89. The van der Waals surface area contributed by atoms with Crippen molar-refractivity contribution in [3.05, 3.63) is 33.2 Å². The van der Waals surface area contributed by atoms with Crippen molar-refractivity contribution < 1.29 is 44.2 Å². The largest absolute Gasteiger partial charge is 0.489 e. The maximum absolute atomic E-state index is 12.9. The number of nitrogens with zero attached hydrogens (tertiary/aromatic N) is 4. The van der Waals surface area contributed by atoms with Crippen LogP contribution in [0.3, 0.4) is 0 Å². The molecular weight excluding hydrogens is 532 g/mol. The highest BCUT2D eigenvalue weighted by atomic mass is 32.2. The lowest BCUT2D eigenvalue weighted by Gasteiger charge is -2.33. The summed E-state index contributed by atoms with van der Waals surface area (Å²) in [4.78, 5) is 15.8. The summed E-state index contributed by atoms with van der Waals surface area (Å²) < 4.78 is 113. The number of aromatic nitrogens is 3. The molecule has 0 bridgehead atoms. The highest BCUT2D eigenvalue weighted by Crippen LogP contribution is 2.36. The molecule has 1 saturated heterocycles. The van der Waals surface area contributed by atoms with Gasteiger partial charge in [-0.25, -0.2) is 18.5 Å². The fourth-order valence-corrected chi connectivity index (χ4v) is 5.21. The minimum absolute atomic E-state index is 0.0438. The summed E-state index contributed by atoms with van der Waals surface area (Å²) in [6, 6.07) is 0. The number of halogens is 6. The third kappa shape index (κ3) is 7.05. The Bertz CT molecular complexity index is 1160. The van der Waals surface area contributed by atoms with Crippen molar-refractivity contribution in [1.29, 1.82) is 0 Å². The van der Waals surface area contributed by atoms with Crippen LogP contribution in [0.25, 0.3) is 0 Å². The van der Waals surface area contributed by atoms with Crippen LogP contribution in [0.5, 0.6) is 5.75 Å². The van der Waals surface area contributed by atoms with Gasteiger partial charge in [-0.1, -0.05) is 11.3 Å². The van der Waals surface area contributed by atoms with Gasteiger partial charge >= 0.3 is 12.4 Å². The number of sulfonamides is 1. The van der Waals surface area contributed by atoms with Crippen molar-refractivity contribution in [2.75, 3.05) is 56.7 Å². The number of hydrogen-bond donors (Lipinski definition) is 1. The van der Waals surface area contributed by atoms with Crippen LogP contribution in [0.2, 0.25) is 0 Å². The van der Waals surface area contributed by atoms with Gasteiger partial charge in [-0.2, -0.15) is 35.7 Å². The average Bonchev–Trinajstić information content (AvgIpc) is 3.26. The molecule has 2 aromatic rings. The molecule has 0 aliphatic carbocycles. The van der Waals surface area contributed by atoms with Crippen LogP contribution in [0.15, 0.2) is 17.2 Å². The summed E-state index contributed by atoms with van der Waals surface area (Å²) in [5.74, 6) is -1.19. The molecule has 196 valence electrons. The summed E-state index contributed by atoms with van der Waals surface area (Å²) in [5, 5.41) is 5.07. The smallest absolute Gasteiger partial charge is 0.427 e. The maximum atomic E-state index is 12.9. The molecule has 2 aromatic heterocycles. The number of rotatable bonds is 9. The van der Waals surface area contributed by atoms with Crippen molar-refractivity contribution in [2.24, 2.45) is 0 Å². The van der Waals surface area contributed by atoms with E-state index in [1.165, 1.54) is 4.31 Å². The summed E-state index contributed by atoms with van der Waals surface area (Å²) in [6.45, 7) is -0.508. The molecule has 1 aliphatic heterocycles. The van der Waals surface area contributed by atoms with E-state index in [2.05, 4.69) is 10.1 Å². The number of piperazine rings is 1. The molecule has 1 fully saturated rings. The molecule has 3 heterocycles. The van der Waals surface area contributed by atoms with Gasteiger partial charge in [0.05, 0.1) is 31.4 Å². The second-order valence-electron chi connectivity index (χ2n) is 7.10. The number of H-pyrrole nitrogens is 1. The van der Waals surface area contributed by atoms with E-state index in [0.29, 0.717) is 17.5 Å². The normalized spacial score (nSPS) is 16.0. The van der Waals surface area contributed by atoms with Crippen LogP contribution < -0.4 is 15.2 Å². The quantitative estimate of drug-likeness (QED) is 0.371. The summed E-state index contributed by atoms with van der Waals surface area (Å²) in [7, 11) is -3.74. The Labute approximate surface area is 198 Å². The SMILES string of the molecule is O=c1[nH]ncc(OCCOCCS(=O)(=O)N2CCN(c3ncc(C(F)(F)F)s3)CC2)c1C(F)(F)F. The van der Waals surface area contributed by atoms with Gasteiger partial charge in [0.25, 0.3) is 5.56 Å². The molecule has 1 N–H and O–H groups in total. The summed E-state index contributed by atoms with van der Waals surface area (Å²) >= 11 is 0.482. The molecular formula is C17H19F6N5O5S2. The van der Waals surface area contributed by atoms with E-state index >= 15 is 0 Å². The third-order valence-corrected chi connectivity index (χ3v) is 7.69. The van der Waals surface area contributed by atoms with E-state index in [1.54, 1.807) is 10.00 Å². The molecule has 0 spiro atoms. The van der Waals surface area contributed by atoms with Crippen molar-refractivity contribution >= 4 is 26.5 Å². The first-order chi connectivity index (χ1) is 16.3. The Morgan fingerprint density at radius 3 is 2.29 bits per heavy atom. The van der Waals surface area contributed by atoms with Crippen LogP contribution in [-0.2, 0) is 27.1 Å². The molecule has 0 amide bonds. The minimum Gasteiger partial charge on any atom is -0.489 e. The molecule has 18 heteroatoms. The fraction of sp³-hybridized carbons (Fsp3) is 0.588. The van der Waals surface area contributed by atoms with Gasteiger partial charge in [0.15, 0.2) is 16.4 Å². The van der Waals surface area contributed by atoms with Gasteiger partial charge in [-0.05, 0) is 0 Å². The Kier molecular flexibility index (Phi) is 8.28. The lowest BCUT2D eigenvalue weighted by Crippen LogP contribution is -2.49. The molecule has 35 heavy (non-hydrogen) atoms. The lowest BCUT2D eigenvalue weighted by molar-refractivity contribution is -0.140. The van der Waals surface area contributed by atoms with E-state index in [1.807, 2.05) is 0 Å². The predicted octanol–water partition coefficient (Wildman–Crippen LogP) is 1.81. The van der Waals surface area contributed by atoms with Crippen LogP contribution in [-0.4, -0.2) is 79.7 Å². The van der Waals surface area contributed by atoms with Crippen LogP contribution >= 0.6 is 11.3 Å². The van der Waals surface area contributed by atoms with Gasteiger partial charge in [0.1, 0.15) is 11.5 Å². The molecule has 10 nitrogen and oxygen atoms in total. The number of aromatic amines is 1. The Morgan fingerprint density at radius 1 is 1.00 bits per heavy atom. The second-order valence-corrected chi connectivity index (χ2v) is 10.2. The number of thiazole rings is 1. The maximum Gasteiger partial charge on any atom is 0.427 e. The van der Waals surface area contributed by atoms with Gasteiger partial charge in [-0.3, -0.25) is 4.79 Å². The number of hydrogen-bond acceptors (Lipinski definition) is 9. The number of nitrogens with one attached hydrogen (secondary N) is 1. The second kappa shape index (κ2) is 10.7. The first kappa shape index (κ1) is 27.2. The topological polar surface area (TPSA) is 118 Å². The molecule has 0 aromatic carbocycles. The highest BCUT2D eigenvalue weighted by Gasteiger charge is 2.38. The zero-order chi connectivity index (χ0) is 25.9. The molecule has 3 rings (SSSR count). The summed E-state index contributed by atoms with van der Waals surface area (Å²) in [5.41, 5.74) is -3.00. The van der Waals surface area contributed by atoms with Gasteiger partial charge in [-0.15, -0.1) is 0 Å². The number of ether oxygens (including phenoxy) is 2. The lowest BCUT2D eigenvalue weighted by atomic mass is 10.3. The standard InChI is InChI=1S/C17H19F6N5O5S2/c18-16(19,20)12-10-24-15(34-12)27-1-3-28(4-2-27)35(30,31)8-7-32-5-6-33-11-9-25-26-14(29)13(11)17(21,22)23/h9-10H,1-8H2,(H,26,29). The van der Waals surface area contributed by atoms with Crippen molar-refractivity contribution in [1.82, 2.24) is 19.5 Å². The van der Waals surface area contributed by atoms with Crippen molar-refractivity contribution in [3.63, 3.8) is 0 Å². The average molecular weight is 551 g/mol.